The Morgan fingerprint density at radius 2 is 2.11 bits per heavy atom. The summed E-state index contributed by atoms with van der Waals surface area (Å²) in [4.78, 5) is 14.1. The van der Waals surface area contributed by atoms with Crippen LogP contribution >= 0.6 is 0 Å². The molecule has 0 aromatic heterocycles. The third kappa shape index (κ3) is 1.82. The van der Waals surface area contributed by atoms with Crippen molar-refractivity contribution in [2.75, 3.05) is 6.54 Å². The van der Waals surface area contributed by atoms with Crippen molar-refractivity contribution in [2.24, 2.45) is 17.3 Å². The van der Waals surface area contributed by atoms with E-state index in [1.165, 1.54) is 0 Å². The van der Waals surface area contributed by atoms with Gasteiger partial charge in [0.1, 0.15) is 5.60 Å². The monoisotopic (exact) mass is 262 g/mol. The second-order valence-electron chi connectivity index (χ2n) is 7.34. The van der Waals surface area contributed by atoms with E-state index in [0.717, 1.165) is 32.2 Å². The van der Waals surface area contributed by atoms with Gasteiger partial charge in [-0.05, 0) is 46.0 Å². The maximum Gasteiger partial charge on any atom is 0.410 e. The average molecular weight is 262 g/mol. The van der Waals surface area contributed by atoms with Gasteiger partial charge in [0.2, 0.25) is 0 Å². The summed E-state index contributed by atoms with van der Waals surface area (Å²) in [6.07, 6.45) is 4.06. The molecule has 2 heterocycles. The molecule has 104 valence electrons. The molecule has 2 aliphatic carbocycles. The fraction of sp³-hybridized carbons (Fsp3) is 0.867. The number of carbonyl (C=O) groups is 1. The predicted octanol–water partition coefficient (Wildman–Crippen LogP) is 2.94. The number of fused-ring (bicyclic) bond motifs is 1. The van der Waals surface area contributed by atoms with Gasteiger partial charge in [-0.1, -0.05) is 6.42 Å². The van der Waals surface area contributed by atoms with Crippen LogP contribution in [-0.2, 0) is 4.74 Å². The van der Waals surface area contributed by atoms with Crippen LogP contribution in [-0.4, -0.2) is 29.2 Å². The molecule has 4 heteroatoms. The van der Waals surface area contributed by atoms with Crippen LogP contribution in [0.3, 0.4) is 0 Å². The van der Waals surface area contributed by atoms with Gasteiger partial charge in [0.15, 0.2) is 0 Å². The van der Waals surface area contributed by atoms with Gasteiger partial charge in [-0.3, -0.25) is 0 Å². The molecule has 0 spiro atoms. The number of hydrogen-bond acceptors (Lipinski definition) is 3. The maximum absolute atomic E-state index is 12.2. The van der Waals surface area contributed by atoms with Gasteiger partial charge in [0, 0.05) is 18.5 Å². The largest absolute Gasteiger partial charge is 0.444 e. The van der Waals surface area contributed by atoms with E-state index in [1.807, 2.05) is 25.7 Å². The normalized spacial score (nSPS) is 35.1. The Labute approximate surface area is 114 Å². The Kier molecular flexibility index (Phi) is 2.61. The highest BCUT2D eigenvalue weighted by Crippen LogP contribution is 2.61. The lowest BCUT2D eigenvalue weighted by Gasteiger charge is -2.51. The molecule has 4 fully saturated rings. The number of nitrogens with zero attached hydrogens (tertiary/aromatic N) is 2. The molecule has 4 aliphatic rings. The van der Waals surface area contributed by atoms with Crippen LogP contribution in [0.5, 0.6) is 0 Å². The number of nitriles is 1. The smallest absolute Gasteiger partial charge is 0.410 e. The highest BCUT2D eigenvalue weighted by molar-refractivity contribution is 5.70. The molecule has 0 aromatic carbocycles. The van der Waals surface area contributed by atoms with Crippen LogP contribution in [0.2, 0.25) is 0 Å². The molecule has 0 radical (unpaired) electrons. The van der Waals surface area contributed by atoms with Crippen molar-refractivity contribution >= 4 is 6.09 Å². The van der Waals surface area contributed by atoms with Crippen molar-refractivity contribution in [1.82, 2.24) is 4.90 Å². The lowest BCUT2D eigenvalue weighted by molar-refractivity contribution is -0.0132. The van der Waals surface area contributed by atoms with Crippen LogP contribution in [0, 0.1) is 28.6 Å². The van der Waals surface area contributed by atoms with E-state index in [-0.39, 0.29) is 17.6 Å². The lowest BCUT2D eigenvalue weighted by atomic mass is 9.52. The van der Waals surface area contributed by atoms with E-state index >= 15 is 0 Å². The van der Waals surface area contributed by atoms with E-state index in [1.54, 1.807) is 0 Å². The van der Waals surface area contributed by atoms with E-state index in [2.05, 4.69) is 6.07 Å². The molecule has 2 bridgehead atoms. The van der Waals surface area contributed by atoms with Gasteiger partial charge >= 0.3 is 6.09 Å². The lowest BCUT2D eigenvalue weighted by Crippen LogP contribution is -2.52. The first-order valence-electron chi connectivity index (χ1n) is 7.27. The second-order valence-corrected chi connectivity index (χ2v) is 7.34. The van der Waals surface area contributed by atoms with Gasteiger partial charge in [0.05, 0.1) is 11.5 Å². The van der Waals surface area contributed by atoms with Crippen LogP contribution in [0.25, 0.3) is 0 Å². The summed E-state index contributed by atoms with van der Waals surface area (Å²) < 4.78 is 5.47. The first-order chi connectivity index (χ1) is 8.86. The molecule has 1 unspecified atom stereocenters. The molecule has 0 N–H and O–H groups in total. The number of ether oxygens (including phenoxy) is 1. The predicted molar refractivity (Wildman–Crippen MR) is 70.2 cm³/mol. The van der Waals surface area contributed by atoms with Gasteiger partial charge in [-0.2, -0.15) is 5.26 Å². The number of hydrogen-bond donors (Lipinski definition) is 0. The highest BCUT2D eigenvalue weighted by Gasteiger charge is 2.63. The zero-order valence-electron chi connectivity index (χ0n) is 12.0. The van der Waals surface area contributed by atoms with Gasteiger partial charge in [0.25, 0.3) is 0 Å². The summed E-state index contributed by atoms with van der Waals surface area (Å²) >= 11 is 0. The Morgan fingerprint density at radius 1 is 1.42 bits per heavy atom. The summed E-state index contributed by atoms with van der Waals surface area (Å²) in [6, 6.07) is 2.80. The van der Waals surface area contributed by atoms with Crippen molar-refractivity contribution in [3.05, 3.63) is 0 Å². The average Bonchev–Trinajstić information content (AvgIpc) is 2.78. The molecule has 4 rings (SSSR count). The Morgan fingerprint density at radius 3 is 2.58 bits per heavy atom. The zero-order valence-corrected chi connectivity index (χ0v) is 12.0. The molecule has 0 aromatic rings. The maximum atomic E-state index is 12.2. The summed E-state index contributed by atoms with van der Waals surface area (Å²) in [6.45, 7) is 6.47. The number of carbonyl (C=O) groups excluding carboxylic acids is 1. The Hall–Kier alpha value is -1.24. The molecule has 19 heavy (non-hydrogen) atoms. The van der Waals surface area contributed by atoms with E-state index in [9.17, 15) is 10.1 Å². The molecule has 2 saturated carbocycles. The first kappa shape index (κ1) is 12.8. The second kappa shape index (κ2) is 3.88. The van der Waals surface area contributed by atoms with Crippen LogP contribution in [0.1, 0.15) is 46.5 Å². The zero-order chi connectivity index (χ0) is 13.8. The summed E-state index contributed by atoms with van der Waals surface area (Å²) in [7, 11) is 0. The van der Waals surface area contributed by atoms with E-state index < -0.39 is 5.60 Å². The summed E-state index contributed by atoms with van der Waals surface area (Å²) in [5.41, 5.74) is -0.576. The van der Waals surface area contributed by atoms with Crippen molar-refractivity contribution in [3.8, 4) is 6.07 Å². The Bertz CT molecular complexity index is 442. The van der Waals surface area contributed by atoms with Crippen LogP contribution < -0.4 is 0 Å². The summed E-state index contributed by atoms with van der Waals surface area (Å²) in [5, 5.41) is 9.46. The fourth-order valence-electron chi connectivity index (χ4n) is 4.05. The molecule has 2 saturated heterocycles. The summed E-state index contributed by atoms with van der Waals surface area (Å²) in [5.74, 6) is 0.927. The van der Waals surface area contributed by atoms with Crippen LogP contribution in [0.4, 0.5) is 4.79 Å². The van der Waals surface area contributed by atoms with Crippen molar-refractivity contribution in [3.63, 3.8) is 0 Å². The minimum absolute atomic E-state index is 0.135. The van der Waals surface area contributed by atoms with E-state index in [0.29, 0.717) is 11.8 Å². The molecule has 4 nitrogen and oxygen atoms in total. The highest BCUT2D eigenvalue weighted by atomic mass is 16.6. The number of rotatable bonds is 1. The fourth-order valence-corrected chi connectivity index (χ4v) is 4.05. The molecule has 2 aliphatic heterocycles. The topological polar surface area (TPSA) is 53.3 Å². The van der Waals surface area contributed by atoms with Gasteiger partial charge < -0.3 is 9.64 Å². The quantitative estimate of drug-likeness (QED) is 0.730. The van der Waals surface area contributed by atoms with Gasteiger partial charge in [-0.15, -0.1) is 0 Å². The van der Waals surface area contributed by atoms with Crippen molar-refractivity contribution in [1.29, 1.82) is 5.26 Å². The Balaban J connectivity index is 1.70. The number of amides is 1. The third-order valence-corrected chi connectivity index (χ3v) is 5.03. The van der Waals surface area contributed by atoms with Gasteiger partial charge in [-0.25, -0.2) is 4.79 Å². The molecular formula is C15H22N2O2. The molecule has 3 atom stereocenters. The first-order valence-corrected chi connectivity index (χ1v) is 7.27. The van der Waals surface area contributed by atoms with E-state index in [4.69, 9.17) is 4.74 Å². The standard InChI is InChI=1S/C15H22N2O2/c1-14(2,3)19-13(18)17-8-10-7-11(17)12(10)15(9-16)5-4-6-15/h10-12H,4-8H2,1-3H3/t10-,11-,12?/m0/s1. The van der Waals surface area contributed by atoms with Crippen LogP contribution in [0.15, 0.2) is 0 Å². The molecule has 1 amide bonds. The van der Waals surface area contributed by atoms with Crippen molar-refractivity contribution in [2.45, 2.75) is 58.1 Å². The molecular weight excluding hydrogens is 240 g/mol. The van der Waals surface area contributed by atoms with Crippen molar-refractivity contribution < 1.29 is 9.53 Å². The third-order valence-electron chi connectivity index (χ3n) is 5.03. The minimum atomic E-state index is -0.442. The minimum Gasteiger partial charge on any atom is -0.444 e. The SMILES string of the molecule is CC(C)(C)OC(=O)N1C[C@@H]2C[C@H]1C2C1(C#N)CCC1.